The van der Waals surface area contributed by atoms with Crippen LogP contribution in [-0.4, -0.2) is 98.3 Å². The molecule has 1 aliphatic rings. The fourth-order valence-electron chi connectivity index (χ4n) is 6.28. The van der Waals surface area contributed by atoms with E-state index in [-0.39, 0.29) is 12.8 Å². The molecular formula is C41H75O13P. The average molecular weight is 807 g/mol. The number of phosphoric ester groups is 1. The monoisotopic (exact) mass is 806 g/mol. The summed E-state index contributed by atoms with van der Waals surface area (Å²) in [7, 11) is -5.11. The second kappa shape index (κ2) is 32.3. The highest BCUT2D eigenvalue weighted by Gasteiger charge is 2.51. The first-order chi connectivity index (χ1) is 26.4. The number of esters is 2. The van der Waals surface area contributed by atoms with Crippen LogP contribution in [0.4, 0.5) is 0 Å². The van der Waals surface area contributed by atoms with Crippen molar-refractivity contribution >= 4 is 19.8 Å². The molecule has 0 amide bonds. The molecule has 13 nitrogen and oxygen atoms in total. The number of ether oxygens (including phenoxy) is 2. The SMILES string of the molecule is CCCCCC/C=C\CCCCCCCC(=O)OC[C@H](COP(=O)(O)OC1C(O)C(O)C(O)[C@@H](O)C1O)OC(=O)CCCCCCC/C=C\CCCCCC. The molecule has 0 aromatic carbocycles. The second-order valence-electron chi connectivity index (χ2n) is 14.8. The van der Waals surface area contributed by atoms with Gasteiger partial charge >= 0.3 is 19.8 Å². The van der Waals surface area contributed by atoms with E-state index in [2.05, 4.69) is 38.2 Å². The van der Waals surface area contributed by atoms with E-state index in [1.807, 2.05) is 0 Å². The van der Waals surface area contributed by atoms with Crippen LogP contribution in [0.3, 0.4) is 0 Å². The minimum atomic E-state index is -5.11. The Hall–Kier alpha value is -1.67. The molecule has 1 aliphatic carbocycles. The maximum atomic E-state index is 12.8. The first-order valence-electron chi connectivity index (χ1n) is 21.1. The van der Waals surface area contributed by atoms with E-state index in [1.54, 1.807) is 0 Å². The van der Waals surface area contributed by atoms with Crippen molar-refractivity contribution in [2.75, 3.05) is 13.2 Å². The summed E-state index contributed by atoms with van der Waals surface area (Å²) in [5.74, 6) is -1.12. The van der Waals surface area contributed by atoms with E-state index in [9.17, 15) is 44.6 Å². The van der Waals surface area contributed by atoms with Gasteiger partial charge in [0.15, 0.2) is 6.10 Å². The van der Waals surface area contributed by atoms with Crippen molar-refractivity contribution in [3.63, 3.8) is 0 Å². The molecule has 1 rings (SSSR count). The van der Waals surface area contributed by atoms with Gasteiger partial charge in [0.1, 0.15) is 43.2 Å². The lowest BCUT2D eigenvalue weighted by Crippen LogP contribution is -2.64. The first kappa shape index (κ1) is 51.3. The van der Waals surface area contributed by atoms with E-state index in [4.69, 9.17) is 18.5 Å². The number of carbonyl (C=O) groups is 2. The Balaban J connectivity index is 2.52. The zero-order valence-electron chi connectivity index (χ0n) is 33.7. The van der Waals surface area contributed by atoms with Crippen molar-refractivity contribution in [1.29, 1.82) is 0 Å². The molecule has 0 bridgehead atoms. The van der Waals surface area contributed by atoms with Crippen molar-refractivity contribution in [2.45, 2.75) is 211 Å². The van der Waals surface area contributed by atoms with Gasteiger partial charge < -0.3 is 39.9 Å². The van der Waals surface area contributed by atoms with E-state index in [0.717, 1.165) is 77.0 Å². The Labute approximate surface area is 330 Å². The van der Waals surface area contributed by atoms with E-state index in [0.29, 0.717) is 12.8 Å². The summed E-state index contributed by atoms with van der Waals surface area (Å²) >= 11 is 0. The minimum Gasteiger partial charge on any atom is -0.462 e. The highest BCUT2D eigenvalue weighted by atomic mass is 31.2. The summed E-state index contributed by atoms with van der Waals surface area (Å²) in [6, 6.07) is 0. The normalized spacial score (nSPS) is 23.3. The Morgan fingerprint density at radius 3 is 1.38 bits per heavy atom. The minimum absolute atomic E-state index is 0.0860. The second-order valence-corrected chi connectivity index (χ2v) is 16.2. The summed E-state index contributed by atoms with van der Waals surface area (Å²) in [6.45, 7) is 3.23. The summed E-state index contributed by atoms with van der Waals surface area (Å²) in [6.07, 6.45) is 19.6. The zero-order chi connectivity index (χ0) is 40.7. The Bertz CT molecular complexity index is 1070. The number of rotatable bonds is 34. The van der Waals surface area contributed by atoms with Crippen molar-refractivity contribution in [1.82, 2.24) is 0 Å². The van der Waals surface area contributed by atoms with Gasteiger partial charge in [0.25, 0.3) is 0 Å². The van der Waals surface area contributed by atoms with Gasteiger partial charge in [-0.2, -0.15) is 0 Å². The fraction of sp³-hybridized carbons (Fsp3) is 0.854. The van der Waals surface area contributed by atoms with E-state index >= 15 is 0 Å². The van der Waals surface area contributed by atoms with Gasteiger partial charge in [0, 0.05) is 12.8 Å². The van der Waals surface area contributed by atoms with Crippen molar-refractivity contribution in [3.05, 3.63) is 24.3 Å². The number of phosphoric acid groups is 1. The van der Waals surface area contributed by atoms with Crippen LogP contribution in [0.1, 0.15) is 168 Å². The standard InChI is InChI=1S/C41H75O13P/c1-3-5-7-9-11-13-15-17-19-21-23-25-27-29-34(42)51-31-33(32-52-55(49,50)54-41-39(47)37(45)36(44)38(46)40(41)48)53-35(43)30-28-26-24-22-20-18-16-14-12-10-8-6-4-2/h13-16,33,36-41,44-48H,3-12,17-32H2,1-2H3,(H,49,50)/b15-13-,16-14-/t33-,36?,37-,38?,39?,40?,41?/m1/s1. The summed E-state index contributed by atoms with van der Waals surface area (Å²) in [5, 5.41) is 50.0. The summed E-state index contributed by atoms with van der Waals surface area (Å²) in [4.78, 5) is 35.5. The Morgan fingerprint density at radius 2 is 0.927 bits per heavy atom. The highest BCUT2D eigenvalue weighted by Crippen LogP contribution is 2.47. The van der Waals surface area contributed by atoms with E-state index < -0.39 is 75.7 Å². The Kier molecular flexibility index (Phi) is 30.2. The van der Waals surface area contributed by atoms with Crippen LogP contribution in [0.25, 0.3) is 0 Å². The fourth-order valence-corrected chi connectivity index (χ4v) is 7.25. The van der Waals surface area contributed by atoms with Gasteiger partial charge in [-0.05, 0) is 64.2 Å². The van der Waals surface area contributed by atoms with Gasteiger partial charge in [-0.25, -0.2) is 4.57 Å². The van der Waals surface area contributed by atoms with Crippen LogP contribution < -0.4 is 0 Å². The van der Waals surface area contributed by atoms with Gasteiger partial charge in [0.2, 0.25) is 0 Å². The van der Waals surface area contributed by atoms with Crippen LogP contribution in [-0.2, 0) is 32.7 Å². The third kappa shape index (κ3) is 25.3. The molecule has 0 saturated heterocycles. The molecule has 0 heterocycles. The largest absolute Gasteiger partial charge is 0.472 e. The van der Waals surface area contributed by atoms with Crippen LogP contribution in [0.15, 0.2) is 24.3 Å². The van der Waals surface area contributed by atoms with Gasteiger partial charge in [-0.3, -0.25) is 18.6 Å². The molecule has 0 aromatic rings. The van der Waals surface area contributed by atoms with Gasteiger partial charge in [-0.1, -0.05) is 115 Å². The van der Waals surface area contributed by atoms with Crippen molar-refractivity contribution < 1.29 is 63.1 Å². The summed E-state index contributed by atoms with van der Waals surface area (Å²) in [5.41, 5.74) is 0. The van der Waals surface area contributed by atoms with Crippen LogP contribution in [0, 0.1) is 0 Å². The molecule has 0 aromatic heterocycles. The molecule has 0 spiro atoms. The van der Waals surface area contributed by atoms with Crippen LogP contribution >= 0.6 is 7.82 Å². The van der Waals surface area contributed by atoms with E-state index in [1.165, 1.54) is 51.4 Å². The number of carbonyl (C=O) groups excluding carboxylic acids is 2. The lowest BCUT2D eigenvalue weighted by atomic mass is 9.85. The molecule has 55 heavy (non-hydrogen) atoms. The summed E-state index contributed by atoms with van der Waals surface area (Å²) < 4.78 is 33.4. The predicted molar refractivity (Wildman–Crippen MR) is 212 cm³/mol. The Morgan fingerprint density at radius 1 is 0.545 bits per heavy atom. The average Bonchev–Trinajstić information content (AvgIpc) is 3.16. The van der Waals surface area contributed by atoms with Crippen LogP contribution in [0.5, 0.6) is 0 Å². The number of hydrogen-bond donors (Lipinski definition) is 6. The third-order valence-electron chi connectivity index (χ3n) is 9.77. The molecule has 1 fully saturated rings. The lowest BCUT2D eigenvalue weighted by molar-refractivity contribution is -0.220. The van der Waals surface area contributed by atoms with Crippen molar-refractivity contribution in [3.8, 4) is 0 Å². The maximum absolute atomic E-state index is 12.8. The zero-order valence-corrected chi connectivity index (χ0v) is 34.6. The number of aliphatic hydroxyl groups is 5. The number of unbranched alkanes of at least 4 members (excludes halogenated alkanes) is 18. The molecule has 6 N–H and O–H groups in total. The van der Waals surface area contributed by atoms with Crippen molar-refractivity contribution in [2.24, 2.45) is 0 Å². The molecule has 322 valence electrons. The smallest absolute Gasteiger partial charge is 0.462 e. The predicted octanol–water partition coefficient (Wildman–Crippen LogP) is 7.28. The maximum Gasteiger partial charge on any atom is 0.472 e. The molecule has 14 heteroatoms. The van der Waals surface area contributed by atoms with Gasteiger partial charge in [-0.15, -0.1) is 0 Å². The lowest BCUT2D eigenvalue weighted by Gasteiger charge is -2.41. The molecule has 0 aliphatic heterocycles. The molecule has 0 radical (unpaired) electrons. The topological polar surface area (TPSA) is 210 Å². The molecule has 8 atom stereocenters. The number of allylic oxidation sites excluding steroid dienone is 4. The molecule has 6 unspecified atom stereocenters. The highest BCUT2D eigenvalue weighted by molar-refractivity contribution is 7.47. The van der Waals surface area contributed by atoms with Crippen LogP contribution in [0.2, 0.25) is 0 Å². The molecular weight excluding hydrogens is 731 g/mol. The third-order valence-corrected chi connectivity index (χ3v) is 10.8. The molecule has 1 saturated carbocycles. The number of hydrogen-bond acceptors (Lipinski definition) is 12. The number of aliphatic hydroxyl groups excluding tert-OH is 5. The first-order valence-corrected chi connectivity index (χ1v) is 22.6. The van der Waals surface area contributed by atoms with Gasteiger partial charge in [0.05, 0.1) is 6.61 Å². The quantitative estimate of drug-likeness (QED) is 0.0164.